The summed E-state index contributed by atoms with van der Waals surface area (Å²) in [6, 6.07) is 6.84. The number of ether oxygens (including phenoxy) is 2. The van der Waals surface area contributed by atoms with Gasteiger partial charge >= 0.3 is 0 Å². The first-order chi connectivity index (χ1) is 9.56. The minimum Gasteiger partial charge on any atom is -0.462 e. The number of nitrogens with two attached hydrogens (primary N) is 1. The van der Waals surface area contributed by atoms with Crippen LogP contribution in [0.3, 0.4) is 0 Å². The van der Waals surface area contributed by atoms with Crippen molar-refractivity contribution >= 4 is 0 Å². The summed E-state index contributed by atoms with van der Waals surface area (Å²) in [4.78, 5) is 0. The Bertz CT molecular complexity index is 423. The lowest BCUT2D eigenvalue weighted by atomic mass is 9.99. The number of aliphatic hydroxyl groups is 4. The van der Waals surface area contributed by atoms with Gasteiger partial charge in [0.25, 0.3) is 0 Å². The predicted octanol–water partition coefficient (Wildman–Crippen LogP) is -1.68. The molecule has 1 aliphatic rings. The van der Waals surface area contributed by atoms with Gasteiger partial charge in [-0.2, -0.15) is 0 Å². The van der Waals surface area contributed by atoms with E-state index in [-0.39, 0.29) is 0 Å². The largest absolute Gasteiger partial charge is 0.462 e. The molecular weight excluding hydrogens is 266 g/mol. The van der Waals surface area contributed by atoms with Crippen molar-refractivity contribution < 1.29 is 29.9 Å². The lowest BCUT2D eigenvalue weighted by molar-refractivity contribution is -0.277. The van der Waals surface area contributed by atoms with Crippen molar-refractivity contribution in [3.8, 4) is 5.75 Å². The van der Waals surface area contributed by atoms with E-state index in [1.165, 1.54) is 0 Å². The maximum atomic E-state index is 9.82. The fraction of sp³-hybridized carbons (Fsp3) is 0.538. The zero-order valence-corrected chi connectivity index (χ0v) is 10.8. The SMILES string of the molecule is NCc1ccc(O[C@@H]2O[C@H](CO)[C@@H](O)[C@@H](O)[C@H]2O)cc1. The third-order valence-corrected chi connectivity index (χ3v) is 3.26. The Hall–Kier alpha value is -1.22. The van der Waals surface area contributed by atoms with E-state index in [9.17, 15) is 15.3 Å². The van der Waals surface area contributed by atoms with Crippen LogP contribution in [0.2, 0.25) is 0 Å². The number of hydrogen-bond acceptors (Lipinski definition) is 7. The standard InChI is InChI=1S/C13H19NO6/c14-5-7-1-3-8(4-2-7)19-13-12(18)11(17)10(16)9(6-15)20-13/h1-4,9-13,15-18H,5-6,14H2/t9-,10-,11-,12-,13-/m1/s1. The maximum absolute atomic E-state index is 9.82. The molecule has 1 heterocycles. The Morgan fingerprint density at radius 3 is 2.25 bits per heavy atom. The van der Waals surface area contributed by atoms with Crippen molar-refractivity contribution in [3.63, 3.8) is 0 Å². The molecule has 0 aromatic heterocycles. The number of hydrogen-bond donors (Lipinski definition) is 5. The zero-order chi connectivity index (χ0) is 14.7. The highest BCUT2D eigenvalue weighted by atomic mass is 16.7. The van der Waals surface area contributed by atoms with Crippen molar-refractivity contribution in [2.75, 3.05) is 6.61 Å². The molecule has 0 unspecified atom stereocenters. The summed E-state index contributed by atoms with van der Waals surface area (Å²) >= 11 is 0. The molecule has 0 bridgehead atoms. The molecule has 6 N–H and O–H groups in total. The van der Waals surface area contributed by atoms with Crippen LogP contribution in [0, 0.1) is 0 Å². The molecule has 1 aromatic carbocycles. The Morgan fingerprint density at radius 2 is 1.70 bits per heavy atom. The van der Waals surface area contributed by atoms with Crippen LogP contribution < -0.4 is 10.5 Å². The number of rotatable bonds is 4. The molecule has 0 aliphatic carbocycles. The average Bonchev–Trinajstić information content (AvgIpc) is 2.48. The molecule has 2 rings (SSSR count). The molecule has 1 fully saturated rings. The highest BCUT2D eigenvalue weighted by Gasteiger charge is 2.44. The second kappa shape index (κ2) is 6.49. The van der Waals surface area contributed by atoms with Crippen LogP contribution >= 0.6 is 0 Å². The van der Waals surface area contributed by atoms with Crippen LogP contribution in [0.15, 0.2) is 24.3 Å². The normalized spacial score (nSPS) is 34.0. The molecule has 1 aromatic rings. The number of benzene rings is 1. The smallest absolute Gasteiger partial charge is 0.229 e. The summed E-state index contributed by atoms with van der Waals surface area (Å²) < 4.78 is 10.7. The molecule has 1 saturated heterocycles. The molecule has 0 saturated carbocycles. The van der Waals surface area contributed by atoms with Crippen molar-refractivity contribution in [1.29, 1.82) is 0 Å². The Balaban J connectivity index is 2.06. The average molecular weight is 285 g/mol. The van der Waals surface area contributed by atoms with Gasteiger partial charge in [0, 0.05) is 6.54 Å². The van der Waals surface area contributed by atoms with E-state index < -0.39 is 37.3 Å². The van der Waals surface area contributed by atoms with Gasteiger partial charge in [-0.15, -0.1) is 0 Å². The van der Waals surface area contributed by atoms with E-state index in [2.05, 4.69) is 0 Å². The van der Waals surface area contributed by atoms with Crippen LogP contribution in [-0.4, -0.2) is 57.7 Å². The Labute approximate surface area is 116 Å². The summed E-state index contributed by atoms with van der Waals surface area (Å²) in [5.41, 5.74) is 6.40. The summed E-state index contributed by atoms with van der Waals surface area (Å²) in [6.07, 6.45) is -6.42. The van der Waals surface area contributed by atoms with Gasteiger partial charge in [0.05, 0.1) is 6.61 Å². The monoisotopic (exact) mass is 285 g/mol. The van der Waals surface area contributed by atoms with E-state index in [1.807, 2.05) is 0 Å². The summed E-state index contributed by atoms with van der Waals surface area (Å²) in [5.74, 6) is 0.423. The minimum atomic E-state index is -1.45. The van der Waals surface area contributed by atoms with Crippen LogP contribution in [0.1, 0.15) is 5.56 Å². The molecule has 0 spiro atoms. The van der Waals surface area contributed by atoms with E-state index in [4.69, 9.17) is 20.3 Å². The van der Waals surface area contributed by atoms with Gasteiger partial charge in [0.2, 0.25) is 6.29 Å². The molecule has 5 atom stereocenters. The van der Waals surface area contributed by atoms with Crippen molar-refractivity contribution in [2.24, 2.45) is 5.73 Å². The summed E-state index contributed by atoms with van der Waals surface area (Å²) in [6.45, 7) is -0.0861. The third kappa shape index (κ3) is 3.09. The van der Waals surface area contributed by atoms with E-state index in [1.54, 1.807) is 24.3 Å². The molecule has 0 radical (unpaired) electrons. The molecule has 112 valence electrons. The van der Waals surface area contributed by atoms with Gasteiger partial charge in [-0.3, -0.25) is 0 Å². The number of aliphatic hydroxyl groups excluding tert-OH is 4. The summed E-state index contributed by atoms with van der Waals surface area (Å²) in [7, 11) is 0. The lowest BCUT2D eigenvalue weighted by Crippen LogP contribution is -2.60. The second-order valence-corrected chi connectivity index (χ2v) is 4.66. The lowest BCUT2D eigenvalue weighted by Gasteiger charge is -2.39. The van der Waals surface area contributed by atoms with Gasteiger partial charge in [-0.05, 0) is 17.7 Å². The van der Waals surface area contributed by atoms with Crippen LogP contribution in [-0.2, 0) is 11.3 Å². The topological polar surface area (TPSA) is 125 Å². The van der Waals surface area contributed by atoms with Crippen LogP contribution in [0.4, 0.5) is 0 Å². The highest BCUT2D eigenvalue weighted by Crippen LogP contribution is 2.24. The maximum Gasteiger partial charge on any atom is 0.229 e. The van der Waals surface area contributed by atoms with Crippen molar-refractivity contribution in [1.82, 2.24) is 0 Å². The molecule has 7 nitrogen and oxygen atoms in total. The first-order valence-corrected chi connectivity index (χ1v) is 6.33. The van der Waals surface area contributed by atoms with Crippen molar-refractivity contribution in [2.45, 2.75) is 37.3 Å². The van der Waals surface area contributed by atoms with Gasteiger partial charge < -0.3 is 35.6 Å². The fourth-order valence-electron chi connectivity index (χ4n) is 2.00. The van der Waals surface area contributed by atoms with Crippen molar-refractivity contribution in [3.05, 3.63) is 29.8 Å². The van der Waals surface area contributed by atoms with Crippen LogP contribution in [0.25, 0.3) is 0 Å². The van der Waals surface area contributed by atoms with Gasteiger partial charge in [-0.1, -0.05) is 12.1 Å². The second-order valence-electron chi connectivity index (χ2n) is 4.66. The first kappa shape index (κ1) is 15.2. The molecule has 1 aliphatic heterocycles. The quantitative estimate of drug-likeness (QED) is 0.447. The predicted molar refractivity (Wildman–Crippen MR) is 68.7 cm³/mol. The van der Waals surface area contributed by atoms with Gasteiger partial charge in [0.15, 0.2) is 0 Å². The zero-order valence-electron chi connectivity index (χ0n) is 10.8. The highest BCUT2D eigenvalue weighted by molar-refractivity contribution is 5.27. The molecule has 7 heteroatoms. The molecular formula is C13H19NO6. The molecule has 20 heavy (non-hydrogen) atoms. The van der Waals surface area contributed by atoms with E-state index >= 15 is 0 Å². The van der Waals surface area contributed by atoms with Gasteiger partial charge in [0.1, 0.15) is 30.2 Å². The third-order valence-electron chi connectivity index (χ3n) is 3.26. The fourth-order valence-corrected chi connectivity index (χ4v) is 2.00. The first-order valence-electron chi connectivity index (χ1n) is 6.33. The minimum absolute atomic E-state index is 0.403. The van der Waals surface area contributed by atoms with E-state index in [0.717, 1.165) is 5.56 Å². The van der Waals surface area contributed by atoms with E-state index in [0.29, 0.717) is 12.3 Å². The Morgan fingerprint density at radius 1 is 1.05 bits per heavy atom. The molecule has 0 amide bonds. The Kier molecular flexibility index (Phi) is 4.92. The van der Waals surface area contributed by atoms with Gasteiger partial charge in [-0.25, -0.2) is 0 Å². The van der Waals surface area contributed by atoms with Crippen LogP contribution in [0.5, 0.6) is 5.75 Å². The summed E-state index contributed by atoms with van der Waals surface area (Å²) in [5, 5.41) is 38.2.